The molecule has 1 fully saturated rings. The molecule has 24 heavy (non-hydrogen) atoms. The number of nitrogens with zero attached hydrogens (tertiary/aromatic N) is 4. The molecule has 0 aliphatic carbocycles. The van der Waals surface area contributed by atoms with Crippen molar-refractivity contribution < 1.29 is 9.90 Å². The van der Waals surface area contributed by atoms with Gasteiger partial charge in [0.1, 0.15) is 0 Å². The molecule has 0 saturated carbocycles. The Morgan fingerprint density at radius 2 is 2.00 bits per heavy atom. The molecule has 1 amide bonds. The van der Waals surface area contributed by atoms with E-state index in [-0.39, 0.29) is 12.3 Å². The fourth-order valence-electron chi connectivity index (χ4n) is 3.06. The van der Waals surface area contributed by atoms with Gasteiger partial charge < -0.3 is 10.0 Å². The number of carbonyl (C=O) groups is 1. The van der Waals surface area contributed by atoms with E-state index >= 15 is 0 Å². The first-order chi connectivity index (χ1) is 11.6. The largest absolute Gasteiger partial charge is 0.388 e. The van der Waals surface area contributed by atoms with E-state index in [0.29, 0.717) is 16.5 Å². The van der Waals surface area contributed by atoms with Crippen molar-refractivity contribution in [2.45, 2.75) is 31.9 Å². The maximum Gasteiger partial charge on any atom is 0.225 e. The van der Waals surface area contributed by atoms with Gasteiger partial charge in [-0.2, -0.15) is 0 Å². The van der Waals surface area contributed by atoms with Gasteiger partial charge >= 0.3 is 0 Å². The number of hydrogen-bond donors (Lipinski definition) is 1. The molecule has 3 rings (SSSR count). The SMILES string of the molecule is O=C(CC(O)c1ccc(Cl)cc1)N1CCC(Cn2ccnn2)CC1. The van der Waals surface area contributed by atoms with Crippen molar-refractivity contribution in [3.05, 3.63) is 47.2 Å². The zero-order valence-electron chi connectivity index (χ0n) is 13.4. The highest BCUT2D eigenvalue weighted by atomic mass is 35.5. The van der Waals surface area contributed by atoms with Crippen molar-refractivity contribution in [2.75, 3.05) is 13.1 Å². The topological polar surface area (TPSA) is 71.2 Å². The number of aromatic nitrogens is 3. The Morgan fingerprint density at radius 1 is 1.29 bits per heavy atom. The van der Waals surface area contributed by atoms with Crippen molar-refractivity contribution in [1.82, 2.24) is 19.9 Å². The van der Waals surface area contributed by atoms with Gasteiger partial charge in [-0.15, -0.1) is 5.10 Å². The van der Waals surface area contributed by atoms with E-state index < -0.39 is 6.10 Å². The van der Waals surface area contributed by atoms with Crippen LogP contribution in [-0.2, 0) is 11.3 Å². The number of amides is 1. The van der Waals surface area contributed by atoms with Crippen LogP contribution in [0.5, 0.6) is 0 Å². The van der Waals surface area contributed by atoms with Gasteiger partial charge in [-0.05, 0) is 36.5 Å². The summed E-state index contributed by atoms with van der Waals surface area (Å²) < 4.78 is 1.84. The van der Waals surface area contributed by atoms with Crippen LogP contribution in [0.1, 0.15) is 30.9 Å². The summed E-state index contributed by atoms with van der Waals surface area (Å²) in [5.74, 6) is 0.508. The van der Waals surface area contributed by atoms with Gasteiger partial charge in [-0.1, -0.05) is 28.9 Å². The van der Waals surface area contributed by atoms with Crippen LogP contribution >= 0.6 is 11.6 Å². The molecule has 1 aromatic carbocycles. The van der Waals surface area contributed by atoms with Crippen LogP contribution in [0.15, 0.2) is 36.7 Å². The summed E-state index contributed by atoms with van der Waals surface area (Å²) >= 11 is 5.84. The van der Waals surface area contributed by atoms with Gasteiger partial charge in [-0.25, -0.2) is 0 Å². The summed E-state index contributed by atoms with van der Waals surface area (Å²) in [7, 11) is 0. The lowest BCUT2D eigenvalue weighted by Crippen LogP contribution is -2.39. The fourth-order valence-corrected chi connectivity index (χ4v) is 3.18. The van der Waals surface area contributed by atoms with Crippen LogP contribution < -0.4 is 0 Å². The Balaban J connectivity index is 1.47. The van der Waals surface area contributed by atoms with E-state index in [1.54, 1.807) is 30.5 Å². The average Bonchev–Trinajstić information content (AvgIpc) is 3.09. The number of rotatable bonds is 5. The van der Waals surface area contributed by atoms with Crippen molar-refractivity contribution in [3.63, 3.8) is 0 Å². The lowest BCUT2D eigenvalue weighted by atomic mass is 9.96. The van der Waals surface area contributed by atoms with Gasteiger partial charge in [0.2, 0.25) is 5.91 Å². The highest BCUT2D eigenvalue weighted by molar-refractivity contribution is 6.30. The lowest BCUT2D eigenvalue weighted by molar-refractivity contribution is -0.134. The molecule has 6 nitrogen and oxygen atoms in total. The number of likely N-dealkylation sites (tertiary alicyclic amines) is 1. The molecule has 0 spiro atoms. The molecule has 0 radical (unpaired) electrons. The van der Waals surface area contributed by atoms with Crippen LogP contribution in [0.3, 0.4) is 0 Å². The molecular weight excluding hydrogens is 328 g/mol. The molecule has 2 aromatic rings. The number of aliphatic hydroxyl groups is 1. The third kappa shape index (κ3) is 4.33. The number of carbonyl (C=O) groups excluding carboxylic acids is 1. The van der Waals surface area contributed by atoms with Crippen LogP contribution in [0, 0.1) is 5.92 Å². The second kappa shape index (κ2) is 7.77. The first-order valence-electron chi connectivity index (χ1n) is 8.17. The van der Waals surface area contributed by atoms with Gasteiger partial charge in [-0.3, -0.25) is 9.48 Å². The molecule has 1 aliphatic heterocycles. The van der Waals surface area contributed by atoms with Crippen LogP contribution in [0.2, 0.25) is 5.02 Å². The molecular formula is C17H21ClN4O2. The minimum absolute atomic E-state index is 0.00310. The number of hydrogen-bond acceptors (Lipinski definition) is 4. The van der Waals surface area contributed by atoms with Crippen LogP contribution in [0.4, 0.5) is 0 Å². The summed E-state index contributed by atoms with van der Waals surface area (Å²) in [4.78, 5) is 14.2. The minimum Gasteiger partial charge on any atom is -0.388 e. The molecule has 1 saturated heterocycles. The fraction of sp³-hybridized carbons (Fsp3) is 0.471. The normalized spacial score (nSPS) is 17.0. The molecule has 2 heterocycles. The van der Waals surface area contributed by atoms with E-state index in [4.69, 9.17) is 11.6 Å². The Morgan fingerprint density at radius 3 is 2.62 bits per heavy atom. The second-order valence-electron chi connectivity index (χ2n) is 6.22. The smallest absolute Gasteiger partial charge is 0.225 e. The van der Waals surface area contributed by atoms with Gasteiger partial charge in [0.05, 0.1) is 18.7 Å². The summed E-state index contributed by atoms with van der Waals surface area (Å²) in [6.45, 7) is 2.30. The van der Waals surface area contributed by atoms with Crippen molar-refractivity contribution in [2.24, 2.45) is 5.92 Å². The predicted molar refractivity (Wildman–Crippen MR) is 90.4 cm³/mol. The highest BCUT2D eigenvalue weighted by Crippen LogP contribution is 2.23. The maximum atomic E-state index is 12.4. The lowest BCUT2D eigenvalue weighted by Gasteiger charge is -2.32. The maximum absolute atomic E-state index is 12.4. The number of aliphatic hydroxyl groups excluding tert-OH is 1. The van der Waals surface area contributed by atoms with Crippen molar-refractivity contribution in [1.29, 1.82) is 0 Å². The average molecular weight is 349 g/mol. The summed E-state index contributed by atoms with van der Waals surface area (Å²) in [5, 5.41) is 18.6. The highest BCUT2D eigenvalue weighted by Gasteiger charge is 2.25. The number of benzene rings is 1. The third-order valence-electron chi connectivity index (χ3n) is 4.51. The van der Waals surface area contributed by atoms with E-state index in [1.165, 1.54) is 0 Å². The van der Waals surface area contributed by atoms with E-state index in [9.17, 15) is 9.90 Å². The Labute approximate surface area is 146 Å². The van der Waals surface area contributed by atoms with Crippen molar-refractivity contribution in [3.8, 4) is 0 Å². The summed E-state index contributed by atoms with van der Waals surface area (Å²) in [6.07, 6.45) is 4.75. The standard InChI is InChI=1S/C17H21ClN4O2/c18-15-3-1-14(2-4-15)16(23)11-17(24)21-8-5-13(6-9-21)12-22-10-7-19-20-22/h1-4,7,10,13,16,23H,5-6,8-9,11-12H2. The minimum atomic E-state index is -0.789. The zero-order valence-corrected chi connectivity index (χ0v) is 14.1. The molecule has 1 atom stereocenters. The molecule has 128 valence electrons. The molecule has 7 heteroatoms. The predicted octanol–water partition coefficient (Wildman–Crippen LogP) is 2.29. The van der Waals surface area contributed by atoms with Gasteiger partial charge in [0.25, 0.3) is 0 Å². The third-order valence-corrected chi connectivity index (χ3v) is 4.76. The monoisotopic (exact) mass is 348 g/mol. The molecule has 1 aromatic heterocycles. The summed E-state index contributed by atoms with van der Waals surface area (Å²) in [5.41, 5.74) is 0.716. The number of halogens is 1. The van der Waals surface area contributed by atoms with E-state index in [2.05, 4.69) is 10.3 Å². The van der Waals surface area contributed by atoms with Crippen LogP contribution in [-0.4, -0.2) is 44.0 Å². The Kier molecular flexibility index (Phi) is 5.48. The first-order valence-corrected chi connectivity index (χ1v) is 8.55. The molecule has 0 bridgehead atoms. The molecule has 1 unspecified atom stereocenters. The van der Waals surface area contributed by atoms with Gasteiger partial charge in [0, 0.05) is 30.9 Å². The summed E-state index contributed by atoms with van der Waals surface area (Å²) in [6, 6.07) is 6.95. The van der Waals surface area contributed by atoms with E-state index in [1.807, 2.05) is 15.8 Å². The van der Waals surface area contributed by atoms with E-state index in [0.717, 1.165) is 32.5 Å². The van der Waals surface area contributed by atoms with Crippen molar-refractivity contribution >= 4 is 17.5 Å². The van der Waals surface area contributed by atoms with Gasteiger partial charge in [0.15, 0.2) is 0 Å². The second-order valence-corrected chi connectivity index (χ2v) is 6.66. The van der Waals surface area contributed by atoms with Crippen LogP contribution in [0.25, 0.3) is 0 Å². The first kappa shape index (κ1) is 16.9. The Bertz CT molecular complexity index is 652. The molecule has 1 N–H and O–H groups in total. The molecule has 1 aliphatic rings. The number of piperidine rings is 1. The Hall–Kier alpha value is -1.92. The quantitative estimate of drug-likeness (QED) is 0.900. The zero-order chi connectivity index (χ0) is 16.9.